The number of nitrogens with two attached hydrogens (primary N) is 2. The number of allylic oxidation sites excluding steroid dienone is 6. The number of hydrogen-bond donors (Lipinski definition) is 8. The van der Waals surface area contributed by atoms with E-state index in [1.54, 1.807) is 75.5 Å². The van der Waals surface area contributed by atoms with Crippen molar-refractivity contribution in [3.8, 4) is 22.5 Å². The van der Waals surface area contributed by atoms with E-state index in [4.69, 9.17) is 68.4 Å². The normalized spacial score (nSPS) is 25.5. The van der Waals surface area contributed by atoms with Gasteiger partial charge in [0.1, 0.15) is 59.2 Å². The number of benzene rings is 2. The third-order valence-electron chi connectivity index (χ3n) is 24.4. The molecule has 706 valence electrons. The predicted molar refractivity (Wildman–Crippen MR) is 478 cm³/mol. The first-order valence-electron chi connectivity index (χ1n) is 45.2. The van der Waals surface area contributed by atoms with Crippen LogP contribution in [-0.4, -0.2) is 275 Å². The summed E-state index contributed by atoms with van der Waals surface area (Å²) in [6, 6.07) is 11.2. The Bertz CT molecular complexity index is 4800. The minimum Gasteiger partial charge on any atom is -0.460 e. The second kappa shape index (κ2) is 51.0. The number of anilines is 2. The summed E-state index contributed by atoms with van der Waals surface area (Å²) in [6.45, 7) is 17.5. The van der Waals surface area contributed by atoms with Crippen LogP contribution in [0.1, 0.15) is 168 Å². The Kier molecular flexibility index (Phi) is 40.0. The van der Waals surface area contributed by atoms with Crippen LogP contribution in [0.4, 0.5) is 11.8 Å². The molecule has 6 aromatic rings. The molecule has 4 aromatic heterocycles. The fourth-order valence-corrected chi connectivity index (χ4v) is 16.9. The van der Waals surface area contributed by atoms with E-state index in [0.717, 1.165) is 17.6 Å². The van der Waals surface area contributed by atoms with Crippen LogP contribution in [0, 0.1) is 35.5 Å². The highest BCUT2D eigenvalue weighted by atomic mass is 16.6. The first kappa shape index (κ1) is 101. The van der Waals surface area contributed by atoms with Gasteiger partial charge in [-0.2, -0.15) is 10.1 Å². The van der Waals surface area contributed by atoms with Gasteiger partial charge in [0.25, 0.3) is 23.6 Å². The molecule has 3 aliphatic heterocycles. The molecule has 3 fully saturated rings. The van der Waals surface area contributed by atoms with Crippen LogP contribution < -0.4 is 27.4 Å². The lowest BCUT2D eigenvalue weighted by molar-refractivity contribution is -0.265. The summed E-state index contributed by atoms with van der Waals surface area (Å²) in [7, 11) is 3.19. The number of nitrogen functional groups attached to an aromatic ring is 2. The highest BCUT2D eigenvalue weighted by Crippen LogP contribution is 2.41. The molecule has 15 atom stereocenters. The van der Waals surface area contributed by atoms with E-state index in [1.807, 2.05) is 75.5 Å². The van der Waals surface area contributed by atoms with Gasteiger partial charge in [0.05, 0.1) is 115 Å². The molecule has 0 radical (unpaired) electrons. The lowest BCUT2D eigenvalue weighted by Crippen LogP contribution is -2.61. The van der Waals surface area contributed by atoms with Gasteiger partial charge >= 0.3 is 5.97 Å². The number of nitrogens with one attached hydrogen (secondary N) is 3. The van der Waals surface area contributed by atoms with E-state index in [9.17, 15) is 53.7 Å². The zero-order chi connectivity index (χ0) is 92.5. The van der Waals surface area contributed by atoms with E-state index >= 15 is 0 Å². The van der Waals surface area contributed by atoms with E-state index in [2.05, 4.69) is 41.2 Å². The Morgan fingerprint density at radius 1 is 0.713 bits per heavy atom. The summed E-state index contributed by atoms with van der Waals surface area (Å²) in [6.07, 6.45) is 14.8. The van der Waals surface area contributed by atoms with Gasteiger partial charge in [-0.1, -0.05) is 88.4 Å². The van der Waals surface area contributed by atoms with E-state index < -0.39 is 89.5 Å². The van der Waals surface area contributed by atoms with Crippen molar-refractivity contribution in [2.24, 2.45) is 35.5 Å². The average Bonchev–Trinajstić information content (AvgIpc) is 1.71. The number of ether oxygens (including phenoxy) is 10. The maximum atomic E-state index is 14.8. The van der Waals surface area contributed by atoms with Crippen LogP contribution in [0.3, 0.4) is 0 Å². The Morgan fingerprint density at radius 3 is 2.11 bits per heavy atom. The summed E-state index contributed by atoms with van der Waals surface area (Å²) in [5, 5.41) is 57.9. The number of carbonyl (C=O) groups excluding carboxylic acids is 8. The van der Waals surface area contributed by atoms with Crippen LogP contribution >= 0.6 is 0 Å². The lowest BCUT2D eigenvalue weighted by atomic mass is 9.77. The summed E-state index contributed by atoms with van der Waals surface area (Å²) < 4.78 is 67.2. The van der Waals surface area contributed by atoms with Crippen molar-refractivity contribution in [1.82, 2.24) is 60.6 Å². The zero-order valence-corrected chi connectivity index (χ0v) is 75.9. The van der Waals surface area contributed by atoms with Crippen molar-refractivity contribution >= 4 is 80.9 Å². The third kappa shape index (κ3) is 29.5. The fourth-order valence-electron chi connectivity index (χ4n) is 16.9. The van der Waals surface area contributed by atoms with Gasteiger partial charge in [0.15, 0.2) is 17.0 Å². The molecule has 10 rings (SSSR count). The SMILES string of the molecule is CO[C@H]1C[C@@H]2CC[C@@H](C)[C@@](O)(O2)C(=O)C(=O)N2CCCC[C@H]2C(=O)O[C@H]([C@H](C)C[C@@H]2CC[C@H](n3cc(-c4cccc(C(=O)NCCOCCOCCOCCC(=O)NCCOCCOCCOCCC(=O)NCCCCn5nc(-c6ccc7oc(N)nc7c6)c6c(N)ncnc65)c4)nn3)[C@H](OC)C2)CC(=O)[C@H](C)/C=C(\C)[C@@H](O)[C@@H](O)C(=O)[C@H](C)C[C@H](C)/C=C/C=CC=C1C. The van der Waals surface area contributed by atoms with Crippen LogP contribution in [0.2, 0.25) is 0 Å². The molecular weight excluding hydrogens is 1670 g/mol. The number of aliphatic hydroxyl groups is 3. The number of methoxy groups -OCH3 is 2. The molecule has 36 nitrogen and oxygen atoms in total. The number of piperidine rings is 1. The summed E-state index contributed by atoms with van der Waals surface area (Å²) in [5.41, 5.74) is 17.9. The molecule has 2 bridgehead atoms. The van der Waals surface area contributed by atoms with Crippen molar-refractivity contribution in [3.05, 3.63) is 108 Å². The van der Waals surface area contributed by atoms with Crippen molar-refractivity contribution in [3.63, 3.8) is 0 Å². The molecule has 4 amide bonds. The number of nitrogens with zero attached hydrogens (tertiary/aromatic N) is 9. The number of rotatable bonds is 38. The highest BCUT2D eigenvalue weighted by molar-refractivity contribution is 6.39. The first-order chi connectivity index (χ1) is 62.1. The third-order valence-corrected chi connectivity index (χ3v) is 24.4. The second-order valence-electron chi connectivity index (χ2n) is 34.1. The molecule has 129 heavy (non-hydrogen) atoms. The minimum absolute atomic E-state index is 0.00899. The van der Waals surface area contributed by atoms with Crippen LogP contribution in [-0.2, 0) is 87.5 Å². The summed E-state index contributed by atoms with van der Waals surface area (Å²) >= 11 is 0. The number of unbranched alkanes of at least 4 members (excludes halogenated alkanes) is 1. The van der Waals surface area contributed by atoms with Crippen molar-refractivity contribution < 1.29 is 105 Å². The molecule has 0 unspecified atom stereocenters. The maximum absolute atomic E-state index is 14.8. The number of amides is 4. The lowest BCUT2D eigenvalue weighted by Gasteiger charge is -2.42. The summed E-state index contributed by atoms with van der Waals surface area (Å²) in [4.78, 5) is 124. The first-order valence-corrected chi connectivity index (χ1v) is 45.2. The van der Waals surface area contributed by atoms with Crippen molar-refractivity contribution in [1.29, 1.82) is 0 Å². The number of aliphatic hydroxyl groups excluding tert-OH is 2. The van der Waals surface area contributed by atoms with Crippen LogP contribution in [0.5, 0.6) is 0 Å². The van der Waals surface area contributed by atoms with Crippen LogP contribution in [0.25, 0.3) is 44.6 Å². The number of ketones is 3. The molecule has 2 aromatic carbocycles. The van der Waals surface area contributed by atoms with Gasteiger partial charge in [0.2, 0.25) is 17.6 Å². The van der Waals surface area contributed by atoms with Crippen molar-refractivity contribution in [2.45, 2.75) is 212 Å². The van der Waals surface area contributed by atoms with Gasteiger partial charge in [-0.25, -0.2) is 24.1 Å². The fraction of sp³-hybridized carbons (Fsp3) is 0.613. The smallest absolute Gasteiger partial charge is 0.329 e. The number of hydrogen-bond acceptors (Lipinski definition) is 30. The number of fused-ring (bicyclic) bond motifs is 5. The maximum Gasteiger partial charge on any atom is 0.329 e. The standard InChI is InChI=1S/C93H132N14O22/c1-58-18-11-10-12-19-59(2)76(119-8)54-69-26-23-64(7)93(118,129-69)86(114)90(116)105-34-15-13-22-73(105)91(117)127-77(55-74(108)60(3)49-63(6)84(112)85(113)83(111)62(5)48-58)61(4)50-65-24-27-72(78(51-65)120-9)107-56-71(102-104-107)66-20-17-21-68(52-66)89(115)98-33-39-124-43-47-126-45-41-122-37-30-80(110)97-32-38-123-42-46-125-44-40-121-36-29-79(109)96-31-14-16-35-106-88-81(87(94)99-57-100-88)82(103-106)67-25-28-75-70(53-67)101-92(95)128-75/h10-12,17-21,25,28,49,52-53,56-58,60-62,64-65,69,72-73,76-78,84-85,112-113,118H,13-16,22-24,26-27,29-48,50-51,54-55H2,1-9H3,(H2,95,101)(H,96,109)(H,97,110)(H,98,115)(H2,94,99,100)/b12-10?,18-11+,59-19?,63-49+/t58-,60-,61-,62-,64-,65+,69+,72+,73+,76+,77+,78-,84-,85+,93-/m1/s1. The topological polar surface area (TPSA) is 481 Å². The number of aryl methyl sites for hydroxylation is 1. The molecule has 4 aliphatic rings. The summed E-state index contributed by atoms with van der Waals surface area (Å²) in [5.74, 6) is -9.48. The number of aromatic nitrogens is 8. The van der Waals surface area contributed by atoms with E-state index in [-0.39, 0.29) is 137 Å². The monoisotopic (exact) mass is 1800 g/mol. The minimum atomic E-state index is -2.49. The number of Topliss-reactive ketones (excluding diaryl/α,β-unsaturated/α-hetero) is 3. The highest BCUT2D eigenvalue weighted by Gasteiger charge is 2.53. The molecule has 36 heteroatoms. The Labute approximate surface area is 753 Å². The number of esters is 1. The Hall–Kier alpha value is -9.96. The molecule has 1 aliphatic carbocycles. The number of oxazole rings is 1. The second-order valence-corrected chi connectivity index (χ2v) is 34.1. The number of cyclic esters (lactones) is 1. The Morgan fingerprint density at radius 2 is 1.40 bits per heavy atom. The largest absolute Gasteiger partial charge is 0.460 e. The van der Waals surface area contributed by atoms with E-state index in [0.29, 0.717) is 181 Å². The molecule has 10 N–H and O–H groups in total. The molecule has 2 saturated heterocycles. The molecule has 1 saturated carbocycles. The predicted octanol–water partition coefficient (Wildman–Crippen LogP) is 8.10. The van der Waals surface area contributed by atoms with Gasteiger partial charge < -0.3 is 99.4 Å². The van der Waals surface area contributed by atoms with Gasteiger partial charge in [-0.05, 0) is 150 Å². The van der Waals surface area contributed by atoms with Crippen LogP contribution in [0.15, 0.2) is 107 Å². The average molecular weight is 1800 g/mol. The molecule has 0 spiro atoms. The Balaban J connectivity index is 0.586. The quantitative estimate of drug-likeness (QED) is 0.00785. The van der Waals surface area contributed by atoms with Gasteiger partial charge in [0, 0.05) is 107 Å². The van der Waals surface area contributed by atoms with Gasteiger partial charge in [-0.15, -0.1) is 5.10 Å². The van der Waals surface area contributed by atoms with E-state index in [1.165, 1.54) is 17.3 Å². The zero-order valence-electron chi connectivity index (χ0n) is 75.9. The van der Waals surface area contributed by atoms with Crippen molar-refractivity contribution in [2.75, 3.05) is 131 Å². The molecular formula is C93H132N14O22. The number of carbonyl (C=O) groups is 8. The van der Waals surface area contributed by atoms with Gasteiger partial charge in [-0.3, -0.25) is 33.6 Å². The molecule has 7 heterocycles.